The van der Waals surface area contributed by atoms with Crippen LogP contribution in [0.4, 0.5) is 23.2 Å². The maximum absolute atomic E-state index is 16.7. The van der Waals surface area contributed by atoms with Crippen LogP contribution in [0.2, 0.25) is 16.6 Å². The van der Waals surface area contributed by atoms with Crippen LogP contribution in [-0.2, 0) is 15.6 Å². The summed E-state index contributed by atoms with van der Waals surface area (Å²) >= 11 is 0. The quantitative estimate of drug-likeness (QED) is 0.0563. The first-order valence-corrected chi connectivity index (χ1v) is 43.8. The number of fused-ring (bicyclic) bond motifs is 9. The molecular formula is C102H100F4N2O2Si. The normalized spacial score (nSPS) is 33.8. The second kappa shape index (κ2) is 29.8. The average Bonchev–Trinajstić information content (AvgIpc) is 1.56. The lowest BCUT2D eigenvalue weighted by atomic mass is 9.59. The molecule has 4 nitrogen and oxygen atoms in total. The summed E-state index contributed by atoms with van der Waals surface area (Å²) in [4.78, 5) is 4.84. The molecular weight excluding hydrogens is 1390 g/mol. The number of halogens is 4. The highest BCUT2D eigenvalue weighted by molar-refractivity contribution is 6.92. The molecule has 0 amide bonds. The molecule has 15 aliphatic rings. The predicted octanol–water partition coefficient (Wildman–Crippen LogP) is 26.6. The number of hydrogen-bond acceptors (Lipinski definition) is 4. The molecule has 562 valence electrons. The summed E-state index contributed by atoms with van der Waals surface area (Å²) in [7, 11) is -2.68. The van der Waals surface area contributed by atoms with E-state index in [0.29, 0.717) is 23.9 Å². The maximum atomic E-state index is 16.7. The lowest BCUT2D eigenvalue weighted by molar-refractivity contribution is 0.0977. The van der Waals surface area contributed by atoms with Crippen molar-refractivity contribution in [3.05, 3.63) is 382 Å². The highest BCUT2D eigenvalue weighted by Crippen LogP contribution is 2.71. The topological polar surface area (TPSA) is 24.9 Å². The van der Waals surface area contributed by atoms with E-state index >= 15 is 17.6 Å². The van der Waals surface area contributed by atoms with Crippen molar-refractivity contribution in [2.24, 2.45) is 41.4 Å². The molecule has 0 radical (unpaired) electrons. The molecule has 1 aliphatic heterocycles. The van der Waals surface area contributed by atoms with Gasteiger partial charge in [0.15, 0.2) is 12.0 Å². The molecule has 4 aromatic rings. The minimum atomic E-state index is -2.68. The Hall–Kier alpha value is -9.70. The van der Waals surface area contributed by atoms with Gasteiger partial charge in [0.2, 0.25) is 0 Å². The molecule has 4 aromatic carbocycles. The Morgan fingerprint density at radius 1 is 0.568 bits per heavy atom. The molecule has 1 saturated carbocycles. The zero-order valence-corrected chi connectivity index (χ0v) is 64.5. The molecule has 0 bridgehead atoms. The second-order valence-corrected chi connectivity index (χ2v) is 38.4. The fraction of sp³-hybridized carbons (Fsp3) is 0.333. The van der Waals surface area contributed by atoms with Crippen LogP contribution < -0.4 is 9.64 Å². The molecule has 17 atom stereocenters. The number of ether oxygens (including phenoxy) is 2. The first-order valence-electron chi connectivity index (χ1n) is 41.6. The third-order valence-electron chi connectivity index (χ3n) is 28.6. The first-order chi connectivity index (χ1) is 54.5. The smallest absolute Gasteiger partial charge is 0.156 e. The van der Waals surface area contributed by atoms with E-state index in [4.69, 9.17) is 9.47 Å². The predicted molar refractivity (Wildman–Crippen MR) is 447 cm³/mol. The molecule has 1 heterocycles. The molecule has 14 aliphatic carbocycles. The van der Waals surface area contributed by atoms with Crippen LogP contribution in [0, 0.1) is 41.4 Å². The fourth-order valence-corrected chi connectivity index (χ4v) is 31.9. The molecule has 19 rings (SSSR count). The number of allylic oxidation sites excluding steroid dienone is 37. The van der Waals surface area contributed by atoms with Crippen LogP contribution >= 0.6 is 0 Å². The Labute approximate surface area is 655 Å². The number of rotatable bonds is 18. The van der Waals surface area contributed by atoms with Gasteiger partial charge in [-0.05, 0) is 242 Å². The summed E-state index contributed by atoms with van der Waals surface area (Å²) in [5.74, 6) is 1.43. The van der Waals surface area contributed by atoms with E-state index in [2.05, 4.69) is 254 Å². The molecule has 17 unspecified atom stereocenters. The number of nitrogens with zero attached hydrogens (tertiary/aromatic N) is 2. The lowest BCUT2D eigenvalue weighted by Gasteiger charge is -2.49. The highest BCUT2D eigenvalue weighted by atomic mass is 28.3. The van der Waals surface area contributed by atoms with E-state index in [9.17, 15) is 0 Å². The summed E-state index contributed by atoms with van der Waals surface area (Å²) in [6.45, 7) is 7.98. The monoisotopic (exact) mass is 1490 g/mol. The van der Waals surface area contributed by atoms with Crippen molar-refractivity contribution >= 4 is 19.8 Å². The van der Waals surface area contributed by atoms with Gasteiger partial charge in [-0.2, -0.15) is 0 Å². The van der Waals surface area contributed by atoms with Gasteiger partial charge in [0.25, 0.3) is 0 Å². The zero-order chi connectivity index (χ0) is 75.0. The van der Waals surface area contributed by atoms with E-state index in [1.807, 2.05) is 36.4 Å². The van der Waals surface area contributed by atoms with Crippen molar-refractivity contribution in [3.63, 3.8) is 0 Å². The van der Waals surface area contributed by atoms with Gasteiger partial charge in [0, 0.05) is 82.9 Å². The van der Waals surface area contributed by atoms with Crippen LogP contribution in [0.25, 0.3) is 6.08 Å². The summed E-state index contributed by atoms with van der Waals surface area (Å²) in [6.07, 6.45) is 81.5. The number of anilines is 1. The molecule has 9 heteroatoms. The Morgan fingerprint density at radius 3 is 2.13 bits per heavy atom. The minimum Gasteiger partial charge on any atom is -0.494 e. The van der Waals surface area contributed by atoms with E-state index in [0.717, 1.165) is 135 Å². The van der Waals surface area contributed by atoms with Crippen LogP contribution in [0.1, 0.15) is 149 Å². The molecule has 111 heavy (non-hydrogen) atoms. The molecule has 0 spiro atoms. The third kappa shape index (κ3) is 12.2. The van der Waals surface area contributed by atoms with Gasteiger partial charge in [-0.3, -0.25) is 0 Å². The van der Waals surface area contributed by atoms with Crippen LogP contribution in [0.15, 0.2) is 354 Å². The van der Waals surface area contributed by atoms with Gasteiger partial charge in [-0.25, -0.2) is 17.6 Å². The standard InChI is InChI=1S/C102H100F4N2O2Si/c1-3-67-33-47-79(48-34-67)109-81-51-37-71(38-52-81)101(69-21-9-5-10-22-69)91-31-19-17-29-85(91)87-55-41-75(63-93(87)101)107(77-43-57-95(103)97(105)65-77)73-45-59-99-89(61-73)90-62-74(46-60-100(90)111(99,83-25-13-7-14-26-83)84-27-15-8-16-28-84)108(78-44-58-96(104)98(106)66-78)76-42-56-88-86-30-18-20-32-92(86)102(94(88)64-76,70-23-11-6-12-24-70)72-39-53-82(54-40-72)110-80-49-35-68(4-2)36-50-80/h3-11,13-15,17-18,20-23,25,27,29-30,32-35,37-39,41-42,46-49,51-52,55-57,60-64,66,77,82-83,85-87,89-93,97,99-100H,1-2,12,16,19,24,26,28,31,36,40,43-45,50,53-54,58-59,65H2. The summed E-state index contributed by atoms with van der Waals surface area (Å²) in [6, 6.07) is 34.9. The SMILES string of the molecule is C=CC1=CC=C(OC2CC=C(C3(C4=CC=CCC4)c4cc(N(C5=CC6C7C=C(N(C8=CC9C(C=C8)C8C=CCCC8C9(c8ccccc8)c8ccc(Oc9ccc(C=C)cc9)cc8)C8CC=C(F)C(F)C8)CCC7[Si](C7=CC=CCC7)(C7C=CC=CC7)C6C=C5)C5=CC(F)=C(F)CC5)ccc4C4C=CC=CC43)CC2)CC1. The molecule has 0 aromatic heterocycles. The van der Waals surface area contributed by atoms with E-state index in [1.165, 1.54) is 56.8 Å². The fourth-order valence-electron chi connectivity index (χ4n) is 24.1. The summed E-state index contributed by atoms with van der Waals surface area (Å²) in [5, 5.41) is 1.64. The molecule has 0 N–H and O–H groups in total. The van der Waals surface area contributed by atoms with Crippen LogP contribution in [0.3, 0.4) is 0 Å². The van der Waals surface area contributed by atoms with E-state index in [-0.39, 0.29) is 77.9 Å². The van der Waals surface area contributed by atoms with Gasteiger partial charge in [-0.1, -0.05) is 242 Å². The van der Waals surface area contributed by atoms with Gasteiger partial charge in [0.1, 0.15) is 29.3 Å². The van der Waals surface area contributed by atoms with Gasteiger partial charge >= 0.3 is 0 Å². The van der Waals surface area contributed by atoms with Gasteiger partial charge < -0.3 is 19.3 Å². The summed E-state index contributed by atoms with van der Waals surface area (Å²) < 4.78 is 78.4. The number of hydrogen-bond donors (Lipinski definition) is 0. The molecule has 1 saturated heterocycles. The van der Waals surface area contributed by atoms with Gasteiger partial charge in [-0.15, -0.1) is 0 Å². The van der Waals surface area contributed by atoms with Crippen molar-refractivity contribution in [1.82, 2.24) is 4.90 Å². The average molecular weight is 1490 g/mol. The molecule has 2 fully saturated rings. The summed E-state index contributed by atoms with van der Waals surface area (Å²) in [5.41, 5.74) is 15.1. The largest absolute Gasteiger partial charge is 0.494 e. The third-order valence-corrected chi connectivity index (χ3v) is 35.4. The maximum Gasteiger partial charge on any atom is 0.156 e. The zero-order valence-electron chi connectivity index (χ0n) is 63.5. The highest BCUT2D eigenvalue weighted by Gasteiger charge is 2.66. The minimum absolute atomic E-state index is 0.000659. The van der Waals surface area contributed by atoms with Crippen molar-refractivity contribution in [1.29, 1.82) is 0 Å². The Balaban J connectivity index is 0.758. The Morgan fingerprint density at radius 2 is 1.38 bits per heavy atom. The van der Waals surface area contributed by atoms with Crippen LogP contribution in [-0.4, -0.2) is 31.3 Å². The Bertz CT molecular complexity index is 5070. The van der Waals surface area contributed by atoms with Crippen molar-refractivity contribution in [3.8, 4) is 11.5 Å². The number of alkyl halides is 1. The first kappa shape index (κ1) is 71.6. The van der Waals surface area contributed by atoms with Crippen LogP contribution in [0.5, 0.6) is 11.5 Å². The Kier molecular flexibility index (Phi) is 19.2. The van der Waals surface area contributed by atoms with E-state index < -0.39 is 42.6 Å². The second-order valence-electron chi connectivity index (χ2n) is 33.7. The number of benzene rings is 4. The van der Waals surface area contributed by atoms with Crippen molar-refractivity contribution in [2.75, 3.05) is 4.90 Å². The van der Waals surface area contributed by atoms with Crippen molar-refractivity contribution in [2.45, 2.75) is 167 Å². The van der Waals surface area contributed by atoms with E-state index in [1.54, 1.807) is 5.20 Å². The van der Waals surface area contributed by atoms with Gasteiger partial charge in [0.05, 0.1) is 13.8 Å². The van der Waals surface area contributed by atoms with Crippen molar-refractivity contribution < 1.29 is 27.0 Å². The lowest BCUT2D eigenvalue weighted by Crippen LogP contribution is -2.49.